The van der Waals surface area contributed by atoms with E-state index in [9.17, 15) is 14.3 Å². The van der Waals surface area contributed by atoms with Gasteiger partial charge in [0.1, 0.15) is 19.3 Å². The van der Waals surface area contributed by atoms with Crippen LogP contribution in [0.3, 0.4) is 0 Å². The molecule has 2 atom stereocenters. The van der Waals surface area contributed by atoms with Crippen molar-refractivity contribution in [2.75, 3.05) is 54.1 Å². The van der Waals surface area contributed by atoms with Crippen molar-refractivity contribution in [2.45, 2.75) is 174 Å². The second-order valence-corrected chi connectivity index (χ2v) is 17.5. The van der Waals surface area contributed by atoms with Gasteiger partial charge in [0.05, 0.1) is 34.4 Å². The highest BCUT2D eigenvalue weighted by atomic mass is 31.2. The van der Waals surface area contributed by atoms with E-state index in [1.807, 2.05) is 21.1 Å². The van der Waals surface area contributed by atoms with Crippen LogP contribution in [0.2, 0.25) is 0 Å². The number of rotatable bonds is 41. The first-order chi connectivity index (χ1) is 27.6. The second-order valence-electron chi connectivity index (χ2n) is 16.0. The Balaban J connectivity index is 4.28. The van der Waals surface area contributed by atoms with Gasteiger partial charge in [-0.3, -0.25) is 13.8 Å². The lowest BCUT2D eigenvalue weighted by atomic mass is 10.1. The fourth-order valence-corrected chi connectivity index (χ4v) is 6.49. The van der Waals surface area contributed by atoms with Gasteiger partial charge in [0.15, 0.2) is 0 Å². The van der Waals surface area contributed by atoms with E-state index in [1.165, 1.54) is 70.6 Å². The number of esters is 1. The highest BCUT2D eigenvalue weighted by Crippen LogP contribution is 2.43. The largest absolute Gasteiger partial charge is 0.472 e. The van der Waals surface area contributed by atoms with Gasteiger partial charge in [-0.25, -0.2) is 4.57 Å². The Morgan fingerprint density at radius 1 is 0.561 bits per heavy atom. The van der Waals surface area contributed by atoms with Crippen LogP contribution in [0, 0.1) is 0 Å². The normalized spacial score (nSPS) is 14.4. The predicted octanol–water partition coefficient (Wildman–Crippen LogP) is 13.5. The Kier molecular flexibility index (Phi) is 39.2. The average Bonchev–Trinajstić information content (AvgIpc) is 3.16. The molecule has 0 aliphatic heterocycles. The SMILES string of the molecule is CC/C=C\C/C=C\C/C=C\C/C=C\CCCCCOCC(COP(=O)(O)OCC[N+](C)(C)C)OC(=O)CCCCCCCCCCC/C=C\C/C=C\CCCCC. The number of allylic oxidation sites excluding steroid dienone is 12. The van der Waals surface area contributed by atoms with Crippen molar-refractivity contribution in [3.8, 4) is 0 Å². The molecule has 0 amide bonds. The van der Waals surface area contributed by atoms with Gasteiger partial charge in [-0.15, -0.1) is 0 Å². The summed E-state index contributed by atoms with van der Waals surface area (Å²) >= 11 is 0. The number of carbonyl (C=O) groups is 1. The summed E-state index contributed by atoms with van der Waals surface area (Å²) in [5, 5.41) is 0. The maximum absolute atomic E-state index is 12.7. The summed E-state index contributed by atoms with van der Waals surface area (Å²) in [5.41, 5.74) is 0. The number of nitrogens with zero attached hydrogens (tertiary/aromatic N) is 1. The molecule has 0 aromatic carbocycles. The summed E-state index contributed by atoms with van der Waals surface area (Å²) in [6.45, 7) is 5.38. The smallest absolute Gasteiger partial charge is 0.457 e. The summed E-state index contributed by atoms with van der Waals surface area (Å²) in [6, 6.07) is 0. The number of phosphoric acid groups is 1. The minimum atomic E-state index is -4.29. The van der Waals surface area contributed by atoms with E-state index in [0.29, 0.717) is 24.1 Å². The summed E-state index contributed by atoms with van der Waals surface area (Å²) in [6.07, 6.45) is 52.2. The third-order valence-corrected chi connectivity index (χ3v) is 10.2. The number of carbonyl (C=O) groups excluding carboxylic acids is 1. The van der Waals surface area contributed by atoms with E-state index in [-0.39, 0.29) is 25.8 Å². The lowest BCUT2D eigenvalue weighted by Gasteiger charge is -2.24. The standard InChI is InChI=1S/C48H86NO7P/c1-6-8-10-12-14-16-18-20-22-24-25-26-27-29-31-33-35-37-39-41-48(50)56-47(46-55-57(51,52)54-44-42-49(3,4)5)45-53-43-40-38-36-34-32-30-28-23-21-19-17-15-13-11-9-7-2/h9,11,14-17,20-23,30,32,47H,6-8,10,12-13,18-19,24-29,31,33-46H2,1-5H3/p+1/b11-9-,16-14-,17-15-,22-20-,23-21-,32-30-. The molecule has 0 aliphatic carbocycles. The van der Waals surface area contributed by atoms with Crippen LogP contribution >= 0.6 is 7.82 Å². The number of ether oxygens (including phenoxy) is 2. The molecule has 330 valence electrons. The van der Waals surface area contributed by atoms with Gasteiger partial charge in [0.25, 0.3) is 0 Å². The Bertz CT molecular complexity index is 1140. The quantitative estimate of drug-likeness (QED) is 0.0216. The third kappa shape index (κ3) is 44.9. The molecule has 57 heavy (non-hydrogen) atoms. The zero-order valence-electron chi connectivity index (χ0n) is 37.3. The Morgan fingerprint density at radius 3 is 1.53 bits per heavy atom. The first kappa shape index (κ1) is 54.9. The molecule has 0 aliphatic rings. The Morgan fingerprint density at radius 2 is 1.02 bits per heavy atom. The molecule has 0 aromatic heterocycles. The van der Waals surface area contributed by atoms with Gasteiger partial charge in [0, 0.05) is 13.0 Å². The van der Waals surface area contributed by atoms with Gasteiger partial charge >= 0.3 is 13.8 Å². The molecule has 0 aromatic rings. The average molecular weight is 821 g/mol. The maximum Gasteiger partial charge on any atom is 0.472 e. The zero-order chi connectivity index (χ0) is 42.0. The second kappa shape index (κ2) is 40.7. The van der Waals surface area contributed by atoms with Crippen LogP contribution in [0.5, 0.6) is 0 Å². The molecule has 2 unspecified atom stereocenters. The molecule has 0 heterocycles. The van der Waals surface area contributed by atoms with E-state index in [2.05, 4.69) is 86.8 Å². The minimum Gasteiger partial charge on any atom is -0.457 e. The molecule has 0 saturated heterocycles. The lowest BCUT2D eigenvalue weighted by molar-refractivity contribution is -0.870. The van der Waals surface area contributed by atoms with E-state index in [1.54, 1.807) is 0 Å². The zero-order valence-corrected chi connectivity index (χ0v) is 38.2. The monoisotopic (exact) mass is 821 g/mol. The molecule has 0 spiro atoms. The number of likely N-dealkylation sites (N-methyl/N-ethyl adjacent to an activating group) is 1. The highest BCUT2D eigenvalue weighted by molar-refractivity contribution is 7.47. The van der Waals surface area contributed by atoms with Gasteiger partial charge < -0.3 is 18.9 Å². The van der Waals surface area contributed by atoms with Crippen molar-refractivity contribution in [2.24, 2.45) is 0 Å². The van der Waals surface area contributed by atoms with E-state index in [4.69, 9.17) is 18.5 Å². The molecule has 9 heteroatoms. The van der Waals surface area contributed by atoms with E-state index >= 15 is 0 Å². The molecule has 0 saturated carbocycles. The van der Waals surface area contributed by atoms with Crippen LogP contribution in [-0.4, -0.2) is 75.6 Å². The maximum atomic E-state index is 12.7. The number of unbranched alkanes of at least 4 members (excludes halogenated alkanes) is 15. The fraction of sp³-hybridized carbons (Fsp3) is 0.729. The molecule has 8 nitrogen and oxygen atoms in total. The van der Waals surface area contributed by atoms with Crippen molar-refractivity contribution in [1.82, 2.24) is 0 Å². The molecular weight excluding hydrogens is 734 g/mol. The van der Waals surface area contributed by atoms with E-state index < -0.39 is 13.9 Å². The topological polar surface area (TPSA) is 91.3 Å². The van der Waals surface area contributed by atoms with Gasteiger partial charge in [-0.05, 0) is 83.5 Å². The molecule has 0 radical (unpaired) electrons. The number of phosphoric ester groups is 1. The molecule has 0 rings (SSSR count). The third-order valence-electron chi connectivity index (χ3n) is 9.25. The number of quaternary nitrogens is 1. The van der Waals surface area contributed by atoms with Crippen molar-refractivity contribution in [1.29, 1.82) is 0 Å². The molecule has 1 N–H and O–H groups in total. The van der Waals surface area contributed by atoms with Crippen molar-refractivity contribution >= 4 is 13.8 Å². The fourth-order valence-electron chi connectivity index (χ4n) is 5.75. The lowest BCUT2D eigenvalue weighted by Crippen LogP contribution is -2.37. The first-order valence-corrected chi connectivity index (χ1v) is 24.2. The van der Waals surface area contributed by atoms with Gasteiger partial charge in [-0.2, -0.15) is 0 Å². The van der Waals surface area contributed by atoms with Crippen LogP contribution in [-0.2, 0) is 27.9 Å². The van der Waals surface area contributed by atoms with E-state index in [0.717, 1.165) is 77.0 Å². The van der Waals surface area contributed by atoms with Crippen LogP contribution in [0.4, 0.5) is 0 Å². The van der Waals surface area contributed by atoms with Gasteiger partial charge in [-0.1, -0.05) is 151 Å². The number of hydrogen-bond donors (Lipinski definition) is 1. The first-order valence-electron chi connectivity index (χ1n) is 22.7. The van der Waals surface area contributed by atoms with Crippen LogP contribution in [0.1, 0.15) is 168 Å². The molecular formula is C48H87NO7P+. The van der Waals surface area contributed by atoms with Crippen molar-refractivity contribution in [3.05, 3.63) is 72.9 Å². The van der Waals surface area contributed by atoms with Crippen molar-refractivity contribution < 1.29 is 37.3 Å². The summed E-state index contributed by atoms with van der Waals surface area (Å²) in [5.74, 6) is -0.333. The molecule has 0 bridgehead atoms. The molecule has 0 fully saturated rings. The summed E-state index contributed by atoms with van der Waals surface area (Å²) < 4.78 is 35.0. The Labute approximate surface area is 351 Å². The Hall–Kier alpha value is -2.06. The summed E-state index contributed by atoms with van der Waals surface area (Å²) in [7, 11) is 1.63. The van der Waals surface area contributed by atoms with Crippen LogP contribution < -0.4 is 0 Å². The highest BCUT2D eigenvalue weighted by Gasteiger charge is 2.26. The van der Waals surface area contributed by atoms with Gasteiger partial charge in [0.2, 0.25) is 0 Å². The minimum absolute atomic E-state index is 0.0777. The van der Waals surface area contributed by atoms with Crippen LogP contribution in [0.25, 0.3) is 0 Å². The summed E-state index contributed by atoms with van der Waals surface area (Å²) in [4.78, 5) is 22.9. The van der Waals surface area contributed by atoms with Crippen LogP contribution in [0.15, 0.2) is 72.9 Å². The predicted molar refractivity (Wildman–Crippen MR) is 242 cm³/mol. The van der Waals surface area contributed by atoms with Crippen molar-refractivity contribution in [3.63, 3.8) is 0 Å². The number of hydrogen-bond acceptors (Lipinski definition) is 6.